The van der Waals surface area contributed by atoms with Crippen LogP contribution in [0.5, 0.6) is 0 Å². The van der Waals surface area contributed by atoms with Crippen molar-refractivity contribution in [1.29, 1.82) is 0 Å². The lowest BCUT2D eigenvalue weighted by molar-refractivity contribution is -0.139. The number of aliphatic hydroxyl groups is 1. The van der Waals surface area contributed by atoms with Crippen LogP contribution in [0.3, 0.4) is 0 Å². The van der Waals surface area contributed by atoms with Crippen molar-refractivity contribution in [3.8, 4) is 0 Å². The maximum atomic E-state index is 12.3. The molecule has 104 valence electrons. The molecule has 0 aromatic carbocycles. The molecule has 0 aromatic heterocycles. The Morgan fingerprint density at radius 3 is 2.61 bits per heavy atom. The van der Waals surface area contributed by atoms with Crippen molar-refractivity contribution in [1.82, 2.24) is 15.5 Å². The fraction of sp³-hybridized carbons (Fsp3) is 0.833. The summed E-state index contributed by atoms with van der Waals surface area (Å²) >= 11 is 0. The van der Waals surface area contributed by atoms with Gasteiger partial charge in [0.15, 0.2) is 0 Å². The van der Waals surface area contributed by atoms with Crippen LogP contribution in [0.2, 0.25) is 0 Å². The van der Waals surface area contributed by atoms with Crippen molar-refractivity contribution in [2.45, 2.75) is 44.9 Å². The smallest absolute Gasteiger partial charge is 0.248 e. The second-order valence-corrected chi connectivity index (χ2v) is 4.84. The summed E-state index contributed by atoms with van der Waals surface area (Å²) in [5.41, 5.74) is 0. The maximum Gasteiger partial charge on any atom is 0.248 e. The number of likely N-dealkylation sites (tertiary alicyclic amines) is 1. The van der Waals surface area contributed by atoms with E-state index in [1.54, 1.807) is 11.9 Å². The number of rotatable bonds is 5. The SMILES string of the molecule is CNCC(=O)NC(C(=O)N1CCCC1C)C(C)O. The number of likely N-dealkylation sites (N-methyl/N-ethyl adjacent to an activating group) is 1. The highest BCUT2D eigenvalue weighted by Gasteiger charge is 2.33. The Morgan fingerprint density at radius 1 is 1.50 bits per heavy atom. The van der Waals surface area contributed by atoms with Crippen LogP contribution in [-0.4, -0.2) is 60.1 Å². The molecule has 18 heavy (non-hydrogen) atoms. The highest BCUT2D eigenvalue weighted by atomic mass is 16.3. The lowest BCUT2D eigenvalue weighted by Gasteiger charge is -2.29. The Morgan fingerprint density at radius 2 is 2.17 bits per heavy atom. The molecule has 3 N–H and O–H groups in total. The first-order valence-corrected chi connectivity index (χ1v) is 6.40. The lowest BCUT2D eigenvalue weighted by atomic mass is 10.1. The molecule has 2 amide bonds. The summed E-state index contributed by atoms with van der Waals surface area (Å²) < 4.78 is 0. The zero-order chi connectivity index (χ0) is 13.7. The van der Waals surface area contributed by atoms with Gasteiger partial charge in [-0.05, 0) is 33.7 Å². The number of hydrogen-bond donors (Lipinski definition) is 3. The highest BCUT2D eigenvalue weighted by molar-refractivity contribution is 5.89. The number of nitrogens with zero attached hydrogens (tertiary/aromatic N) is 1. The number of nitrogens with one attached hydrogen (secondary N) is 2. The topological polar surface area (TPSA) is 81.7 Å². The predicted octanol–water partition coefficient (Wildman–Crippen LogP) is -0.918. The predicted molar refractivity (Wildman–Crippen MR) is 67.9 cm³/mol. The molecule has 6 heteroatoms. The third-order valence-corrected chi connectivity index (χ3v) is 3.24. The molecule has 6 nitrogen and oxygen atoms in total. The van der Waals surface area contributed by atoms with Gasteiger partial charge in [0.2, 0.25) is 11.8 Å². The third-order valence-electron chi connectivity index (χ3n) is 3.24. The number of carbonyl (C=O) groups is 2. The first-order chi connectivity index (χ1) is 8.47. The number of amides is 2. The monoisotopic (exact) mass is 257 g/mol. The lowest BCUT2D eigenvalue weighted by Crippen LogP contribution is -2.55. The molecule has 0 radical (unpaired) electrons. The number of aliphatic hydroxyl groups excluding tert-OH is 1. The first kappa shape index (κ1) is 14.9. The van der Waals surface area contributed by atoms with E-state index in [0.29, 0.717) is 6.54 Å². The van der Waals surface area contributed by atoms with Crippen LogP contribution in [0.4, 0.5) is 0 Å². The maximum absolute atomic E-state index is 12.3. The Labute approximate surface area is 108 Å². The van der Waals surface area contributed by atoms with Gasteiger partial charge < -0.3 is 20.6 Å². The average molecular weight is 257 g/mol. The largest absolute Gasteiger partial charge is 0.391 e. The van der Waals surface area contributed by atoms with E-state index >= 15 is 0 Å². The summed E-state index contributed by atoms with van der Waals surface area (Å²) in [7, 11) is 1.65. The summed E-state index contributed by atoms with van der Waals surface area (Å²) in [6, 6.07) is -0.675. The molecule has 1 rings (SSSR count). The zero-order valence-corrected chi connectivity index (χ0v) is 11.3. The third kappa shape index (κ3) is 3.68. The van der Waals surface area contributed by atoms with Crippen LogP contribution in [-0.2, 0) is 9.59 Å². The summed E-state index contributed by atoms with van der Waals surface area (Å²) in [6.45, 7) is 4.33. The second kappa shape index (κ2) is 6.70. The summed E-state index contributed by atoms with van der Waals surface area (Å²) in [5, 5.41) is 14.9. The van der Waals surface area contributed by atoms with Crippen molar-refractivity contribution >= 4 is 11.8 Å². The van der Waals surface area contributed by atoms with Crippen molar-refractivity contribution in [2.75, 3.05) is 20.1 Å². The fourth-order valence-electron chi connectivity index (χ4n) is 2.21. The molecule has 0 bridgehead atoms. The van der Waals surface area contributed by atoms with Gasteiger partial charge in [-0.25, -0.2) is 0 Å². The van der Waals surface area contributed by atoms with E-state index in [4.69, 9.17) is 0 Å². The van der Waals surface area contributed by atoms with Crippen LogP contribution in [0.25, 0.3) is 0 Å². The minimum Gasteiger partial charge on any atom is -0.391 e. The summed E-state index contributed by atoms with van der Waals surface area (Å²) in [4.78, 5) is 25.5. The normalized spacial score (nSPS) is 22.7. The molecule has 3 unspecified atom stereocenters. The summed E-state index contributed by atoms with van der Waals surface area (Å²) in [6.07, 6.45) is 1.05. The van der Waals surface area contributed by atoms with E-state index in [-0.39, 0.29) is 24.4 Å². The summed E-state index contributed by atoms with van der Waals surface area (Å²) in [5.74, 6) is -0.483. The first-order valence-electron chi connectivity index (χ1n) is 6.40. The van der Waals surface area contributed by atoms with E-state index in [0.717, 1.165) is 12.8 Å². The van der Waals surface area contributed by atoms with Crippen LogP contribution in [0.1, 0.15) is 26.7 Å². The average Bonchev–Trinajstić information content (AvgIpc) is 2.71. The van der Waals surface area contributed by atoms with Crippen molar-refractivity contribution < 1.29 is 14.7 Å². The Balaban J connectivity index is 2.66. The number of carbonyl (C=O) groups excluding carboxylic acids is 2. The molecule has 1 fully saturated rings. The van der Waals surface area contributed by atoms with Gasteiger partial charge in [-0.3, -0.25) is 9.59 Å². The highest BCUT2D eigenvalue weighted by Crippen LogP contribution is 2.18. The molecule has 0 spiro atoms. The van der Waals surface area contributed by atoms with Crippen molar-refractivity contribution in [3.63, 3.8) is 0 Å². The molecular weight excluding hydrogens is 234 g/mol. The van der Waals surface area contributed by atoms with Gasteiger partial charge in [-0.2, -0.15) is 0 Å². The van der Waals surface area contributed by atoms with Crippen molar-refractivity contribution in [2.24, 2.45) is 0 Å². The minimum atomic E-state index is -0.897. The quantitative estimate of drug-likeness (QED) is 0.595. The van der Waals surface area contributed by atoms with Gasteiger partial charge in [-0.1, -0.05) is 0 Å². The molecule has 1 aliphatic rings. The molecule has 1 saturated heterocycles. The molecule has 1 aliphatic heterocycles. The van der Waals surface area contributed by atoms with E-state index < -0.39 is 12.1 Å². The van der Waals surface area contributed by atoms with E-state index in [2.05, 4.69) is 10.6 Å². The van der Waals surface area contributed by atoms with E-state index in [9.17, 15) is 14.7 Å². The molecule has 1 heterocycles. The van der Waals surface area contributed by atoms with Crippen LogP contribution >= 0.6 is 0 Å². The van der Waals surface area contributed by atoms with Gasteiger partial charge in [-0.15, -0.1) is 0 Å². The van der Waals surface area contributed by atoms with Crippen LogP contribution in [0, 0.1) is 0 Å². The molecule has 0 aromatic rings. The van der Waals surface area contributed by atoms with Crippen molar-refractivity contribution in [3.05, 3.63) is 0 Å². The van der Waals surface area contributed by atoms with E-state index in [1.165, 1.54) is 6.92 Å². The van der Waals surface area contributed by atoms with Crippen LogP contribution in [0.15, 0.2) is 0 Å². The Bertz CT molecular complexity index is 307. The molecular formula is C12H23N3O3. The zero-order valence-electron chi connectivity index (χ0n) is 11.3. The van der Waals surface area contributed by atoms with Gasteiger partial charge in [0, 0.05) is 12.6 Å². The Hall–Kier alpha value is -1.14. The van der Waals surface area contributed by atoms with E-state index in [1.807, 2.05) is 6.92 Å². The second-order valence-electron chi connectivity index (χ2n) is 4.84. The van der Waals surface area contributed by atoms with Crippen LogP contribution < -0.4 is 10.6 Å². The Kier molecular flexibility index (Phi) is 5.55. The van der Waals surface area contributed by atoms with Gasteiger partial charge in [0.25, 0.3) is 0 Å². The standard InChI is InChI=1S/C12H23N3O3/c1-8-5-4-6-15(8)12(18)11(9(2)16)14-10(17)7-13-3/h8-9,11,13,16H,4-7H2,1-3H3,(H,14,17). The molecule has 0 saturated carbocycles. The fourth-order valence-corrected chi connectivity index (χ4v) is 2.21. The number of hydrogen-bond acceptors (Lipinski definition) is 4. The van der Waals surface area contributed by atoms with Gasteiger partial charge in [0.1, 0.15) is 6.04 Å². The van der Waals surface area contributed by atoms with Gasteiger partial charge in [0.05, 0.1) is 12.6 Å². The molecule has 3 atom stereocenters. The molecule has 0 aliphatic carbocycles. The minimum absolute atomic E-state index is 0.131. The van der Waals surface area contributed by atoms with Gasteiger partial charge >= 0.3 is 0 Å².